The zero-order chi connectivity index (χ0) is 15.0. The van der Waals surface area contributed by atoms with Crippen molar-refractivity contribution in [2.24, 2.45) is 11.1 Å². The van der Waals surface area contributed by atoms with Gasteiger partial charge in [-0.15, -0.1) is 0 Å². The first-order valence-electron chi connectivity index (χ1n) is 7.10. The maximum Gasteiger partial charge on any atom is 0.257 e. The molecule has 1 atom stereocenters. The van der Waals surface area contributed by atoms with Crippen LogP contribution in [0.25, 0.3) is 0 Å². The van der Waals surface area contributed by atoms with Crippen LogP contribution in [0.3, 0.4) is 0 Å². The number of primary amides is 1. The molecule has 3 rings (SSSR count). The topological polar surface area (TPSA) is 84.7 Å². The minimum atomic E-state index is -0.635. The molecule has 2 heterocycles. The average molecular weight is 289 g/mol. The van der Waals surface area contributed by atoms with Crippen molar-refractivity contribution in [1.82, 2.24) is 4.90 Å². The number of nitrogens with two attached hydrogens (primary N) is 1. The molecule has 112 valence electrons. The number of hydrogen-bond donors (Lipinski definition) is 2. The Hall–Kier alpha value is -2.24. The molecule has 1 saturated heterocycles. The maximum absolute atomic E-state index is 12.7. The number of amides is 2. The Morgan fingerprint density at radius 1 is 1.43 bits per heavy atom. The van der Waals surface area contributed by atoms with Crippen molar-refractivity contribution in [3.8, 4) is 5.75 Å². The van der Waals surface area contributed by atoms with E-state index in [9.17, 15) is 9.59 Å². The van der Waals surface area contributed by atoms with Crippen LogP contribution in [0.1, 0.15) is 23.7 Å². The summed E-state index contributed by atoms with van der Waals surface area (Å²) in [6.07, 6.45) is 0.599. The van der Waals surface area contributed by atoms with Gasteiger partial charge >= 0.3 is 0 Å². The van der Waals surface area contributed by atoms with Crippen LogP contribution in [0.5, 0.6) is 5.75 Å². The number of anilines is 1. The number of nitrogens with zero attached hydrogens (tertiary/aromatic N) is 1. The molecule has 3 N–H and O–H groups in total. The molecule has 0 saturated carbocycles. The van der Waals surface area contributed by atoms with E-state index in [2.05, 4.69) is 5.32 Å². The summed E-state index contributed by atoms with van der Waals surface area (Å²) in [4.78, 5) is 25.9. The highest BCUT2D eigenvalue weighted by Gasteiger charge is 2.41. The Morgan fingerprint density at radius 3 is 2.95 bits per heavy atom. The van der Waals surface area contributed by atoms with Gasteiger partial charge in [-0.25, -0.2) is 0 Å². The molecule has 0 aliphatic carbocycles. The number of rotatable bonds is 2. The van der Waals surface area contributed by atoms with Crippen molar-refractivity contribution in [1.29, 1.82) is 0 Å². The molecule has 1 aromatic carbocycles. The van der Waals surface area contributed by atoms with Crippen LogP contribution >= 0.6 is 0 Å². The van der Waals surface area contributed by atoms with Gasteiger partial charge in [0.25, 0.3) is 5.91 Å². The Labute approximate surface area is 123 Å². The molecule has 6 heteroatoms. The molecule has 2 amide bonds. The lowest BCUT2D eigenvalue weighted by atomic mass is 9.89. The number of ether oxygens (including phenoxy) is 1. The number of likely N-dealkylation sites (tertiary alicyclic amines) is 1. The third-order valence-corrected chi connectivity index (χ3v) is 4.26. The van der Waals surface area contributed by atoms with Crippen LogP contribution in [-0.2, 0) is 4.79 Å². The molecular weight excluding hydrogens is 270 g/mol. The predicted octanol–water partition coefficient (Wildman–Crippen LogP) is 0.828. The van der Waals surface area contributed by atoms with Gasteiger partial charge in [0, 0.05) is 19.6 Å². The second-order valence-electron chi connectivity index (χ2n) is 5.86. The minimum Gasteiger partial charge on any atom is -0.489 e. The number of carbonyl (C=O) groups is 2. The predicted molar refractivity (Wildman–Crippen MR) is 78.2 cm³/mol. The van der Waals surface area contributed by atoms with E-state index < -0.39 is 5.41 Å². The summed E-state index contributed by atoms with van der Waals surface area (Å²) in [5.74, 6) is 0.132. The standard InChI is InChI=1S/C15H19N3O3/c1-15(14(16)20)5-7-18(9-15)13(19)10-3-2-4-11-12(10)21-8-6-17-11/h2-4,17H,5-9H2,1H3,(H2,16,20). The lowest BCUT2D eigenvalue weighted by Crippen LogP contribution is -2.38. The van der Waals surface area contributed by atoms with Gasteiger partial charge in [0.1, 0.15) is 6.61 Å². The monoisotopic (exact) mass is 289 g/mol. The first-order chi connectivity index (χ1) is 10.0. The summed E-state index contributed by atoms with van der Waals surface area (Å²) in [6, 6.07) is 5.48. The molecule has 0 bridgehead atoms. The third kappa shape index (κ3) is 2.30. The summed E-state index contributed by atoms with van der Waals surface area (Å²) >= 11 is 0. The van der Waals surface area contributed by atoms with Crippen molar-refractivity contribution >= 4 is 17.5 Å². The maximum atomic E-state index is 12.7. The SMILES string of the molecule is CC1(C(N)=O)CCN(C(=O)c2cccc3c2OCCN3)C1. The molecule has 0 spiro atoms. The average Bonchev–Trinajstić information content (AvgIpc) is 2.90. The molecule has 1 aromatic rings. The molecule has 2 aliphatic heterocycles. The summed E-state index contributed by atoms with van der Waals surface area (Å²) in [5.41, 5.74) is 6.17. The van der Waals surface area contributed by atoms with Gasteiger partial charge in [0.15, 0.2) is 5.75 Å². The van der Waals surface area contributed by atoms with Gasteiger partial charge in [-0.2, -0.15) is 0 Å². The number of nitrogens with one attached hydrogen (secondary N) is 1. The third-order valence-electron chi connectivity index (χ3n) is 4.26. The number of para-hydroxylation sites is 1. The molecule has 2 aliphatic rings. The van der Waals surface area contributed by atoms with E-state index >= 15 is 0 Å². The summed E-state index contributed by atoms with van der Waals surface area (Å²) < 4.78 is 5.63. The zero-order valence-electron chi connectivity index (χ0n) is 12.0. The molecular formula is C15H19N3O3. The Balaban J connectivity index is 1.86. The first kappa shape index (κ1) is 13.7. The van der Waals surface area contributed by atoms with Crippen LogP contribution in [0, 0.1) is 5.41 Å². The Morgan fingerprint density at radius 2 is 2.24 bits per heavy atom. The fourth-order valence-corrected chi connectivity index (χ4v) is 2.84. The fraction of sp³-hybridized carbons (Fsp3) is 0.467. The quantitative estimate of drug-likeness (QED) is 0.844. The molecule has 0 radical (unpaired) electrons. The first-order valence-corrected chi connectivity index (χ1v) is 7.10. The smallest absolute Gasteiger partial charge is 0.257 e. The van der Waals surface area contributed by atoms with E-state index in [1.807, 2.05) is 12.1 Å². The summed E-state index contributed by atoms with van der Waals surface area (Å²) in [6.45, 7) is 3.97. The van der Waals surface area contributed by atoms with Gasteiger partial charge in [0.2, 0.25) is 5.91 Å². The van der Waals surface area contributed by atoms with Gasteiger partial charge in [-0.3, -0.25) is 9.59 Å². The van der Waals surface area contributed by atoms with Gasteiger partial charge in [-0.1, -0.05) is 6.07 Å². The number of carbonyl (C=O) groups excluding carboxylic acids is 2. The lowest BCUT2D eigenvalue weighted by molar-refractivity contribution is -0.126. The highest BCUT2D eigenvalue weighted by atomic mass is 16.5. The summed E-state index contributed by atoms with van der Waals surface area (Å²) in [7, 11) is 0. The van der Waals surface area contributed by atoms with Crippen LogP contribution in [-0.4, -0.2) is 43.0 Å². The van der Waals surface area contributed by atoms with Crippen molar-refractivity contribution in [2.45, 2.75) is 13.3 Å². The summed E-state index contributed by atoms with van der Waals surface area (Å²) in [5, 5.41) is 3.21. The normalized spacial score (nSPS) is 24.0. The minimum absolute atomic E-state index is 0.111. The van der Waals surface area contributed by atoms with Crippen LogP contribution in [0.4, 0.5) is 5.69 Å². The van der Waals surface area contributed by atoms with Crippen molar-refractivity contribution in [3.63, 3.8) is 0 Å². The van der Waals surface area contributed by atoms with Crippen molar-refractivity contribution in [2.75, 3.05) is 31.6 Å². The van der Waals surface area contributed by atoms with Crippen molar-refractivity contribution < 1.29 is 14.3 Å². The van der Waals surface area contributed by atoms with Gasteiger partial charge in [0.05, 0.1) is 16.7 Å². The van der Waals surface area contributed by atoms with Crippen molar-refractivity contribution in [3.05, 3.63) is 23.8 Å². The Bertz CT molecular complexity index is 602. The molecule has 1 fully saturated rings. The molecule has 6 nitrogen and oxygen atoms in total. The van der Waals surface area contributed by atoms with E-state index in [0.717, 1.165) is 12.2 Å². The number of fused-ring (bicyclic) bond motifs is 1. The zero-order valence-corrected chi connectivity index (χ0v) is 12.0. The Kier molecular flexibility index (Phi) is 3.23. The van der Waals surface area contributed by atoms with Crippen LogP contribution in [0.15, 0.2) is 18.2 Å². The second kappa shape index (κ2) is 4.95. The molecule has 0 aromatic heterocycles. The van der Waals surface area contributed by atoms with Gasteiger partial charge < -0.3 is 20.7 Å². The van der Waals surface area contributed by atoms with E-state index in [1.54, 1.807) is 17.9 Å². The molecule has 21 heavy (non-hydrogen) atoms. The fourth-order valence-electron chi connectivity index (χ4n) is 2.84. The second-order valence-corrected chi connectivity index (χ2v) is 5.86. The largest absolute Gasteiger partial charge is 0.489 e. The van der Waals surface area contributed by atoms with Crippen LogP contribution < -0.4 is 15.8 Å². The highest BCUT2D eigenvalue weighted by molar-refractivity contribution is 5.99. The van der Waals surface area contributed by atoms with E-state index in [4.69, 9.17) is 10.5 Å². The lowest BCUT2D eigenvalue weighted by Gasteiger charge is -2.25. The number of hydrogen-bond acceptors (Lipinski definition) is 4. The van der Waals surface area contributed by atoms with Gasteiger partial charge in [-0.05, 0) is 25.5 Å². The van der Waals surface area contributed by atoms with Crippen LogP contribution in [0.2, 0.25) is 0 Å². The highest BCUT2D eigenvalue weighted by Crippen LogP contribution is 2.35. The van der Waals surface area contributed by atoms with E-state index in [-0.39, 0.29) is 11.8 Å². The number of benzene rings is 1. The van der Waals surface area contributed by atoms with E-state index in [0.29, 0.717) is 37.4 Å². The van der Waals surface area contributed by atoms with E-state index in [1.165, 1.54) is 0 Å². The molecule has 1 unspecified atom stereocenters.